The van der Waals surface area contributed by atoms with Gasteiger partial charge in [0, 0.05) is 16.5 Å². The topological polar surface area (TPSA) is 35.2 Å². The van der Waals surface area contributed by atoms with Crippen molar-refractivity contribution in [3.8, 4) is 5.75 Å². The van der Waals surface area contributed by atoms with Crippen molar-refractivity contribution < 1.29 is 22.3 Å². The highest BCUT2D eigenvalue weighted by Crippen LogP contribution is 2.37. The summed E-state index contributed by atoms with van der Waals surface area (Å²) in [6, 6.07) is 2.65. The molecule has 0 aliphatic heterocycles. The molecule has 0 atom stereocenters. The van der Waals surface area contributed by atoms with Crippen LogP contribution in [0.4, 0.5) is 23.2 Å². The Labute approximate surface area is 120 Å². The smallest absolute Gasteiger partial charge is 0.228 e. The van der Waals surface area contributed by atoms with Crippen molar-refractivity contribution in [3.05, 3.63) is 35.1 Å². The number of ether oxygens (including phenoxy) is 1. The van der Waals surface area contributed by atoms with E-state index in [0.717, 1.165) is 6.07 Å². The molecule has 116 valence electrons. The molecule has 0 fully saturated rings. The van der Waals surface area contributed by atoms with Crippen molar-refractivity contribution in [2.24, 2.45) is 0 Å². The summed E-state index contributed by atoms with van der Waals surface area (Å²) in [5, 5.41) is -0.218. The number of anilines is 1. The molecular weight excluding hydrogens is 286 g/mol. The summed E-state index contributed by atoms with van der Waals surface area (Å²) >= 11 is 0. The monoisotopic (exact) mass is 303 g/mol. The van der Waals surface area contributed by atoms with Crippen molar-refractivity contribution in [3.63, 3.8) is 0 Å². The first kappa shape index (κ1) is 17.1. The molecule has 0 unspecified atom stereocenters. The van der Waals surface area contributed by atoms with Crippen LogP contribution in [-0.2, 0) is 6.42 Å². The molecule has 2 rings (SSSR count). The van der Waals surface area contributed by atoms with E-state index >= 15 is 0 Å². The van der Waals surface area contributed by atoms with Crippen LogP contribution >= 0.6 is 0 Å². The standard InChI is InChI=1S/C13H11F4NO.C2H6/c1-2-6-3-7(18)4-8-9(6)13(19-5-14)12(17)11(16)10(8)15;1-2/h3-4H,2,5,18H2,1H3;1-2H3. The maximum absolute atomic E-state index is 13.8. The lowest BCUT2D eigenvalue weighted by Gasteiger charge is -2.14. The minimum absolute atomic E-state index is 0.00532. The van der Waals surface area contributed by atoms with Gasteiger partial charge in [-0.25, -0.2) is 13.2 Å². The predicted octanol–water partition coefficient (Wildman–Crippen LogP) is 4.73. The Morgan fingerprint density at radius 2 is 1.67 bits per heavy atom. The fourth-order valence-electron chi connectivity index (χ4n) is 2.06. The van der Waals surface area contributed by atoms with Crippen LogP contribution in [0, 0.1) is 17.5 Å². The highest BCUT2D eigenvalue weighted by molar-refractivity contribution is 5.94. The third-order valence-electron chi connectivity index (χ3n) is 2.87. The predicted molar refractivity (Wildman–Crippen MR) is 75.6 cm³/mol. The number of hydrogen-bond acceptors (Lipinski definition) is 2. The van der Waals surface area contributed by atoms with Gasteiger partial charge in [0.25, 0.3) is 0 Å². The summed E-state index contributed by atoms with van der Waals surface area (Å²) in [5.74, 6) is -5.24. The van der Waals surface area contributed by atoms with Crippen LogP contribution < -0.4 is 10.5 Å². The Bertz CT molecular complexity index is 644. The first-order valence-electron chi connectivity index (χ1n) is 6.58. The SMILES string of the molecule is CC.CCc1cc(N)cc2c(F)c(F)c(F)c(OCF)c12. The zero-order valence-electron chi connectivity index (χ0n) is 12.1. The first-order valence-corrected chi connectivity index (χ1v) is 6.58. The van der Waals surface area contributed by atoms with Crippen molar-refractivity contribution >= 4 is 16.5 Å². The van der Waals surface area contributed by atoms with Gasteiger partial charge in [0.2, 0.25) is 12.7 Å². The van der Waals surface area contributed by atoms with Gasteiger partial charge < -0.3 is 10.5 Å². The van der Waals surface area contributed by atoms with Gasteiger partial charge >= 0.3 is 0 Å². The average molecular weight is 303 g/mol. The molecule has 2 aromatic rings. The number of nitrogens with two attached hydrogens (primary N) is 1. The lowest BCUT2D eigenvalue weighted by atomic mass is 9.99. The van der Waals surface area contributed by atoms with Crippen molar-refractivity contribution in [2.45, 2.75) is 27.2 Å². The maximum atomic E-state index is 13.8. The summed E-state index contributed by atoms with van der Waals surface area (Å²) < 4.78 is 57.6. The molecule has 0 saturated carbocycles. The van der Waals surface area contributed by atoms with E-state index in [1.807, 2.05) is 13.8 Å². The zero-order valence-corrected chi connectivity index (χ0v) is 12.1. The second-order valence-corrected chi connectivity index (χ2v) is 3.98. The highest BCUT2D eigenvalue weighted by atomic mass is 19.2. The Morgan fingerprint density at radius 3 is 2.19 bits per heavy atom. The molecule has 0 aromatic heterocycles. The molecule has 0 spiro atoms. The summed E-state index contributed by atoms with van der Waals surface area (Å²) in [7, 11) is 0. The molecule has 0 amide bonds. The molecule has 2 nitrogen and oxygen atoms in total. The molecule has 0 heterocycles. The van der Waals surface area contributed by atoms with Crippen LogP contribution in [0.1, 0.15) is 26.3 Å². The van der Waals surface area contributed by atoms with E-state index < -0.39 is 30.1 Å². The van der Waals surface area contributed by atoms with E-state index in [2.05, 4.69) is 4.74 Å². The average Bonchev–Trinajstić information content (AvgIpc) is 2.50. The van der Waals surface area contributed by atoms with Crippen LogP contribution in [0.15, 0.2) is 12.1 Å². The lowest BCUT2D eigenvalue weighted by Crippen LogP contribution is -2.03. The number of aryl methyl sites for hydroxylation is 1. The molecule has 6 heteroatoms. The van der Waals surface area contributed by atoms with Crippen LogP contribution in [0.25, 0.3) is 10.8 Å². The largest absolute Gasteiger partial charge is 0.459 e. The van der Waals surface area contributed by atoms with Crippen LogP contribution in [0.3, 0.4) is 0 Å². The number of benzene rings is 2. The Morgan fingerprint density at radius 1 is 1.05 bits per heavy atom. The van der Waals surface area contributed by atoms with Crippen molar-refractivity contribution in [1.29, 1.82) is 0 Å². The summed E-state index contributed by atoms with van der Waals surface area (Å²) in [6.07, 6.45) is 0.384. The lowest BCUT2D eigenvalue weighted by molar-refractivity contribution is 0.184. The number of rotatable bonds is 3. The Kier molecular flexibility index (Phi) is 5.81. The van der Waals surface area contributed by atoms with Gasteiger partial charge in [0.15, 0.2) is 17.4 Å². The molecule has 0 bridgehead atoms. The van der Waals surface area contributed by atoms with Crippen molar-refractivity contribution in [2.75, 3.05) is 12.6 Å². The summed E-state index contributed by atoms with van der Waals surface area (Å²) in [5.41, 5.74) is 6.25. The second kappa shape index (κ2) is 7.15. The van der Waals surface area contributed by atoms with Gasteiger partial charge in [-0.1, -0.05) is 20.8 Å². The zero-order chi connectivity index (χ0) is 16.2. The van der Waals surface area contributed by atoms with E-state index in [1.165, 1.54) is 6.07 Å². The summed E-state index contributed by atoms with van der Waals surface area (Å²) in [6.45, 7) is 4.39. The highest BCUT2D eigenvalue weighted by Gasteiger charge is 2.23. The fraction of sp³-hybridized carbons (Fsp3) is 0.333. The van der Waals surface area contributed by atoms with Crippen LogP contribution in [-0.4, -0.2) is 6.86 Å². The molecule has 2 N–H and O–H groups in total. The molecule has 0 aliphatic rings. The number of alkyl halides is 1. The Hall–Kier alpha value is -1.98. The van der Waals surface area contributed by atoms with Crippen LogP contribution in [0.5, 0.6) is 5.75 Å². The first-order chi connectivity index (χ1) is 10.0. The Balaban J connectivity index is 0.00000106. The van der Waals surface area contributed by atoms with E-state index in [4.69, 9.17) is 5.73 Å². The number of halogens is 4. The normalized spacial score (nSPS) is 10.2. The van der Waals surface area contributed by atoms with Gasteiger partial charge in [-0.3, -0.25) is 0 Å². The fourth-order valence-corrected chi connectivity index (χ4v) is 2.06. The number of hydrogen-bond donors (Lipinski definition) is 1. The maximum Gasteiger partial charge on any atom is 0.228 e. The van der Waals surface area contributed by atoms with E-state index in [-0.39, 0.29) is 16.5 Å². The van der Waals surface area contributed by atoms with Gasteiger partial charge in [-0.05, 0) is 24.1 Å². The van der Waals surface area contributed by atoms with E-state index in [9.17, 15) is 17.6 Å². The molecule has 0 radical (unpaired) electrons. The van der Waals surface area contributed by atoms with E-state index in [0.29, 0.717) is 12.0 Å². The molecule has 2 aromatic carbocycles. The van der Waals surface area contributed by atoms with Crippen molar-refractivity contribution in [1.82, 2.24) is 0 Å². The third kappa shape index (κ3) is 3.04. The molecule has 21 heavy (non-hydrogen) atoms. The molecule has 0 aliphatic carbocycles. The second-order valence-electron chi connectivity index (χ2n) is 3.98. The quantitative estimate of drug-likeness (QED) is 0.505. The summed E-state index contributed by atoms with van der Waals surface area (Å²) in [4.78, 5) is 0. The minimum Gasteiger partial charge on any atom is -0.459 e. The third-order valence-corrected chi connectivity index (χ3v) is 2.87. The number of fused-ring (bicyclic) bond motifs is 1. The minimum atomic E-state index is -1.70. The molecular formula is C15H17F4NO. The van der Waals surface area contributed by atoms with Gasteiger partial charge in [0.05, 0.1) is 0 Å². The van der Waals surface area contributed by atoms with Gasteiger partial charge in [-0.2, -0.15) is 4.39 Å². The van der Waals surface area contributed by atoms with Gasteiger partial charge in [0.1, 0.15) is 0 Å². The van der Waals surface area contributed by atoms with Gasteiger partial charge in [-0.15, -0.1) is 0 Å². The number of nitrogen functional groups attached to an aromatic ring is 1. The van der Waals surface area contributed by atoms with Crippen LogP contribution in [0.2, 0.25) is 0 Å². The molecule has 0 saturated heterocycles. The van der Waals surface area contributed by atoms with E-state index in [1.54, 1.807) is 6.92 Å².